The van der Waals surface area contributed by atoms with Crippen LogP contribution in [0.4, 0.5) is 0 Å². The zero-order valence-electron chi connectivity index (χ0n) is 15.8. The van der Waals surface area contributed by atoms with Crippen LogP contribution in [-0.2, 0) is 16.0 Å². The zero-order chi connectivity index (χ0) is 19.1. The van der Waals surface area contributed by atoms with E-state index in [2.05, 4.69) is 5.32 Å². The van der Waals surface area contributed by atoms with Crippen molar-refractivity contribution in [1.29, 1.82) is 0 Å². The Kier molecular flexibility index (Phi) is 4.92. The van der Waals surface area contributed by atoms with Gasteiger partial charge in [-0.25, -0.2) is 0 Å². The predicted octanol–water partition coefficient (Wildman–Crippen LogP) is 1.72. The molecule has 2 amide bonds. The van der Waals surface area contributed by atoms with Gasteiger partial charge in [0.05, 0.1) is 18.8 Å². The first-order valence-electron chi connectivity index (χ1n) is 9.02. The van der Waals surface area contributed by atoms with Gasteiger partial charge in [-0.15, -0.1) is 0 Å². The summed E-state index contributed by atoms with van der Waals surface area (Å²) in [5.41, 5.74) is 0.910. The molecule has 0 radical (unpaired) electrons. The summed E-state index contributed by atoms with van der Waals surface area (Å²) < 4.78 is 11.0. The number of rotatable bonds is 3. The summed E-state index contributed by atoms with van der Waals surface area (Å²) in [6, 6.07) is -0.672. The van der Waals surface area contributed by atoms with E-state index in [0.29, 0.717) is 56.0 Å². The van der Waals surface area contributed by atoms with Gasteiger partial charge in [-0.2, -0.15) is 0 Å². The Morgan fingerprint density at radius 1 is 1.19 bits per heavy atom. The highest BCUT2D eigenvalue weighted by molar-refractivity contribution is 6.04. The first-order chi connectivity index (χ1) is 12.2. The van der Waals surface area contributed by atoms with Gasteiger partial charge in [0.1, 0.15) is 11.8 Å². The third-order valence-corrected chi connectivity index (χ3v) is 5.02. The van der Waals surface area contributed by atoms with Crippen molar-refractivity contribution < 1.29 is 23.5 Å². The van der Waals surface area contributed by atoms with Crippen molar-refractivity contribution in [2.24, 2.45) is 5.41 Å². The number of fused-ring (bicyclic) bond motifs is 1. The fraction of sp³-hybridized carbons (Fsp3) is 0.632. The summed E-state index contributed by atoms with van der Waals surface area (Å²) in [5, 5.41) is 2.70. The van der Waals surface area contributed by atoms with Crippen molar-refractivity contribution in [2.75, 3.05) is 26.3 Å². The summed E-state index contributed by atoms with van der Waals surface area (Å²) in [5.74, 6) is 0.0992. The molecule has 2 heterocycles. The van der Waals surface area contributed by atoms with Crippen LogP contribution in [0.5, 0.6) is 0 Å². The molecule has 1 aromatic rings. The molecule has 1 atom stereocenters. The molecule has 142 valence electrons. The Morgan fingerprint density at radius 2 is 1.85 bits per heavy atom. The number of hydrogen-bond acceptors (Lipinski definition) is 5. The minimum Gasteiger partial charge on any atom is -0.455 e. The number of carbonyl (C=O) groups excluding carboxylic acids is 3. The summed E-state index contributed by atoms with van der Waals surface area (Å²) in [7, 11) is 0. The van der Waals surface area contributed by atoms with E-state index >= 15 is 0 Å². The van der Waals surface area contributed by atoms with Crippen molar-refractivity contribution >= 4 is 17.6 Å². The number of furan rings is 1. The zero-order valence-corrected chi connectivity index (χ0v) is 15.8. The Bertz CT molecular complexity index is 743. The molecular weight excluding hydrogens is 336 g/mol. The highest BCUT2D eigenvalue weighted by Gasteiger charge is 2.37. The van der Waals surface area contributed by atoms with Gasteiger partial charge in [-0.1, -0.05) is 13.8 Å². The second-order valence-electron chi connectivity index (χ2n) is 7.93. The van der Waals surface area contributed by atoms with Crippen LogP contribution < -0.4 is 5.32 Å². The minimum atomic E-state index is -0.672. The molecule has 2 aliphatic rings. The third-order valence-electron chi connectivity index (χ3n) is 5.02. The Hall–Kier alpha value is -2.15. The topological polar surface area (TPSA) is 88.8 Å². The van der Waals surface area contributed by atoms with Crippen LogP contribution in [0.2, 0.25) is 0 Å². The lowest BCUT2D eigenvalue weighted by Gasteiger charge is -2.29. The quantitative estimate of drug-likeness (QED) is 0.884. The second-order valence-corrected chi connectivity index (χ2v) is 7.93. The summed E-state index contributed by atoms with van der Waals surface area (Å²) in [4.78, 5) is 39.2. The monoisotopic (exact) mass is 362 g/mol. The number of ketones is 1. The number of nitrogens with zero attached hydrogens (tertiary/aromatic N) is 1. The molecule has 1 saturated heterocycles. The van der Waals surface area contributed by atoms with Gasteiger partial charge in [-0.05, 0) is 19.3 Å². The van der Waals surface area contributed by atoms with Crippen LogP contribution in [0.15, 0.2) is 4.42 Å². The number of nitrogens with one attached hydrogen (secondary N) is 1. The third kappa shape index (κ3) is 3.53. The van der Waals surface area contributed by atoms with Gasteiger partial charge in [0, 0.05) is 31.5 Å². The first kappa shape index (κ1) is 18.6. The molecular formula is C19H26N2O5. The fourth-order valence-corrected chi connectivity index (χ4v) is 3.68. The maximum Gasteiger partial charge on any atom is 0.287 e. The molecule has 1 unspecified atom stereocenters. The number of carbonyl (C=O) groups is 3. The van der Waals surface area contributed by atoms with Crippen molar-refractivity contribution in [3.05, 3.63) is 22.6 Å². The predicted molar refractivity (Wildman–Crippen MR) is 94.2 cm³/mol. The molecule has 0 spiro atoms. The number of hydrogen-bond donors (Lipinski definition) is 1. The molecule has 7 heteroatoms. The van der Waals surface area contributed by atoms with E-state index in [1.165, 1.54) is 0 Å². The molecule has 1 aliphatic carbocycles. The van der Waals surface area contributed by atoms with E-state index < -0.39 is 11.9 Å². The average molecular weight is 362 g/mol. The van der Waals surface area contributed by atoms with Crippen LogP contribution in [0.3, 0.4) is 0 Å². The summed E-state index contributed by atoms with van der Waals surface area (Å²) in [6.07, 6.45) is 1.05. The molecule has 1 N–H and O–H groups in total. The Balaban J connectivity index is 1.74. The van der Waals surface area contributed by atoms with Crippen LogP contribution >= 0.6 is 0 Å². The highest BCUT2D eigenvalue weighted by atomic mass is 16.5. The molecule has 26 heavy (non-hydrogen) atoms. The standard InChI is InChI=1S/C19H26N2O5/c1-11-15-13(22)9-19(3,4)10-14(15)26-16(11)17(23)20-12(2)18(24)21-5-7-25-8-6-21/h12H,5-10H2,1-4H3,(H,20,23). The van der Waals surface area contributed by atoms with Gasteiger partial charge in [0.2, 0.25) is 5.91 Å². The molecule has 7 nitrogen and oxygen atoms in total. The second kappa shape index (κ2) is 6.87. The van der Waals surface area contributed by atoms with Crippen LogP contribution in [0.1, 0.15) is 59.4 Å². The van der Waals surface area contributed by atoms with E-state index in [4.69, 9.17) is 9.15 Å². The Labute approximate surface area is 153 Å². The van der Waals surface area contributed by atoms with Crippen LogP contribution in [-0.4, -0.2) is 54.8 Å². The molecule has 3 rings (SSSR count). The van der Waals surface area contributed by atoms with E-state index in [-0.39, 0.29) is 22.9 Å². The van der Waals surface area contributed by atoms with Crippen molar-refractivity contribution in [2.45, 2.75) is 46.6 Å². The number of ether oxygens (including phenoxy) is 1. The summed E-state index contributed by atoms with van der Waals surface area (Å²) in [6.45, 7) is 9.46. The number of morpholine rings is 1. The Morgan fingerprint density at radius 3 is 2.50 bits per heavy atom. The SMILES string of the molecule is Cc1c(C(=O)NC(C)C(=O)N2CCOCC2)oc2c1C(=O)CC(C)(C)C2. The lowest BCUT2D eigenvalue weighted by Crippen LogP contribution is -2.50. The van der Waals surface area contributed by atoms with Gasteiger partial charge in [0.15, 0.2) is 11.5 Å². The molecule has 0 aromatic carbocycles. The minimum absolute atomic E-state index is 0.00833. The van der Waals surface area contributed by atoms with Crippen LogP contribution in [0, 0.1) is 12.3 Å². The number of amides is 2. The average Bonchev–Trinajstić information content (AvgIpc) is 2.90. The largest absolute Gasteiger partial charge is 0.455 e. The van der Waals surface area contributed by atoms with Gasteiger partial charge < -0.3 is 19.4 Å². The van der Waals surface area contributed by atoms with E-state index in [1.807, 2.05) is 13.8 Å². The van der Waals surface area contributed by atoms with Crippen molar-refractivity contribution in [3.8, 4) is 0 Å². The smallest absolute Gasteiger partial charge is 0.287 e. The van der Waals surface area contributed by atoms with Crippen molar-refractivity contribution in [3.63, 3.8) is 0 Å². The fourth-order valence-electron chi connectivity index (χ4n) is 3.68. The summed E-state index contributed by atoms with van der Waals surface area (Å²) >= 11 is 0. The number of Topliss-reactive ketones (excluding diaryl/α,β-unsaturated/α-hetero) is 1. The maximum atomic E-state index is 12.6. The molecule has 1 fully saturated rings. The van der Waals surface area contributed by atoms with Gasteiger partial charge in [-0.3, -0.25) is 14.4 Å². The molecule has 1 aliphatic heterocycles. The lowest BCUT2D eigenvalue weighted by atomic mass is 9.76. The van der Waals surface area contributed by atoms with Gasteiger partial charge in [0.25, 0.3) is 5.91 Å². The normalized spacial score (nSPS) is 20.5. The maximum absolute atomic E-state index is 12.6. The van der Waals surface area contributed by atoms with Crippen LogP contribution in [0.25, 0.3) is 0 Å². The highest BCUT2D eigenvalue weighted by Crippen LogP contribution is 2.38. The van der Waals surface area contributed by atoms with E-state index in [1.54, 1.807) is 18.7 Å². The molecule has 0 bridgehead atoms. The molecule has 1 aromatic heterocycles. The van der Waals surface area contributed by atoms with Gasteiger partial charge >= 0.3 is 0 Å². The van der Waals surface area contributed by atoms with E-state index in [9.17, 15) is 14.4 Å². The van der Waals surface area contributed by atoms with Crippen molar-refractivity contribution in [1.82, 2.24) is 10.2 Å². The molecule has 0 saturated carbocycles. The first-order valence-corrected chi connectivity index (χ1v) is 9.02. The van der Waals surface area contributed by atoms with E-state index in [0.717, 1.165) is 0 Å². The lowest BCUT2D eigenvalue weighted by molar-refractivity contribution is -0.136.